The van der Waals surface area contributed by atoms with Crippen LogP contribution in [0.3, 0.4) is 0 Å². The van der Waals surface area contributed by atoms with E-state index in [0.717, 1.165) is 0 Å². The summed E-state index contributed by atoms with van der Waals surface area (Å²) in [5.41, 5.74) is 5.29. The van der Waals surface area contributed by atoms with Crippen molar-refractivity contribution in [1.29, 1.82) is 0 Å². The molecule has 0 amide bonds. The zero-order valence-corrected chi connectivity index (χ0v) is 11.0. The molecule has 7 nitrogen and oxygen atoms in total. The van der Waals surface area contributed by atoms with Crippen LogP contribution in [-0.2, 0) is 16.6 Å². The quantitative estimate of drug-likeness (QED) is 0.503. The summed E-state index contributed by atoms with van der Waals surface area (Å²) >= 11 is 4.65. The second-order valence-corrected chi connectivity index (χ2v) is 6.06. The van der Waals surface area contributed by atoms with E-state index < -0.39 is 15.3 Å². The van der Waals surface area contributed by atoms with Crippen molar-refractivity contribution in [2.24, 2.45) is 5.73 Å². The molecule has 1 aromatic heterocycles. The van der Waals surface area contributed by atoms with Crippen molar-refractivity contribution in [3.8, 4) is 0 Å². The van der Waals surface area contributed by atoms with Crippen LogP contribution in [0.2, 0.25) is 0 Å². The van der Waals surface area contributed by atoms with Gasteiger partial charge in [-0.15, -0.1) is 5.10 Å². The average molecular weight is 277 g/mol. The second kappa shape index (κ2) is 6.03. The Morgan fingerprint density at radius 2 is 2.35 bits per heavy atom. The van der Waals surface area contributed by atoms with Gasteiger partial charge in [0, 0.05) is 19.3 Å². The molecule has 1 unspecified atom stereocenters. The van der Waals surface area contributed by atoms with Crippen LogP contribution < -0.4 is 10.5 Å². The molecule has 0 bridgehead atoms. The third kappa shape index (κ3) is 4.36. The number of aromatic nitrogens is 3. The first-order valence-corrected chi connectivity index (χ1v) is 7.01. The van der Waals surface area contributed by atoms with Gasteiger partial charge < -0.3 is 5.73 Å². The van der Waals surface area contributed by atoms with E-state index in [9.17, 15) is 8.42 Å². The van der Waals surface area contributed by atoms with Gasteiger partial charge in [-0.2, -0.15) is 0 Å². The van der Waals surface area contributed by atoms with Gasteiger partial charge in [0.25, 0.3) is 0 Å². The Bertz CT molecular complexity index is 456. The molecule has 1 aromatic rings. The molecule has 1 heterocycles. The first kappa shape index (κ1) is 14.0. The van der Waals surface area contributed by atoms with E-state index in [2.05, 4.69) is 27.3 Å². The number of aryl methyl sites for hydroxylation is 1. The molecule has 0 aromatic carbocycles. The minimum Gasteiger partial charge on any atom is -0.392 e. The summed E-state index contributed by atoms with van der Waals surface area (Å²) in [5.74, 6) is 0. The van der Waals surface area contributed by atoms with Crippen LogP contribution in [0.5, 0.6) is 0 Å². The Balaban J connectivity index is 2.33. The lowest BCUT2D eigenvalue weighted by Crippen LogP contribution is -2.40. The molecule has 0 radical (unpaired) electrons. The van der Waals surface area contributed by atoms with Gasteiger partial charge in [0.2, 0.25) is 10.0 Å². The summed E-state index contributed by atoms with van der Waals surface area (Å²) in [6.45, 7) is 2.38. The highest BCUT2D eigenvalue weighted by Crippen LogP contribution is 1.98. The number of hydrogen-bond acceptors (Lipinski definition) is 5. The van der Waals surface area contributed by atoms with Crippen LogP contribution >= 0.6 is 12.2 Å². The topological polar surface area (TPSA) is 103 Å². The smallest absolute Gasteiger partial charge is 0.220 e. The third-order valence-corrected chi connectivity index (χ3v) is 4.50. The van der Waals surface area contributed by atoms with Gasteiger partial charge in [0.1, 0.15) is 5.25 Å². The van der Waals surface area contributed by atoms with Crippen molar-refractivity contribution >= 4 is 27.2 Å². The largest absolute Gasteiger partial charge is 0.392 e. The molecule has 9 heteroatoms. The molecule has 0 aliphatic heterocycles. The van der Waals surface area contributed by atoms with Crippen LogP contribution in [0.15, 0.2) is 12.4 Å². The molecular formula is C8H15N5O2S2. The summed E-state index contributed by atoms with van der Waals surface area (Å²) in [6, 6.07) is 0. The Morgan fingerprint density at radius 3 is 2.88 bits per heavy atom. The van der Waals surface area contributed by atoms with Gasteiger partial charge in [-0.05, 0) is 13.3 Å². The number of nitrogens with one attached hydrogen (secondary N) is 1. The highest BCUT2D eigenvalue weighted by Gasteiger charge is 2.22. The number of rotatable bonds is 7. The molecule has 0 aliphatic rings. The van der Waals surface area contributed by atoms with E-state index in [4.69, 9.17) is 5.73 Å². The molecule has 1 atom stereocenters. The third-order valence-electron chi connectivity index (χ3n) is 2.21. The van der Waals surface area contributed by atoms with Crippen LogP contribution in [0.1, 0.15) is 13.3 Å². The summed E-state index contributed by atoms with van der Waals surface area (Å²) < 4.78 is 27.3. The van der Waals surface area contributed by atoms with Crippen LogP contribution in [0.25, 0.3) is 0 Å². The van der Waals surface area contributed by atoms with Gasteiger partial charge in [-0.3, -0.25) is 4.68 Å². The Labute approximate surface area is 105 Å². The van der Waals surface area contributed by atoms with E-state index in [1.807, 2.05) is 0 Å². The number of nitrogens with zero attached hydrogens (tertiary/aromatic N) is 3. The molecule has 0 saturated heterocycles. The molecule has 1 rings (SSSR count). The number of sulfonamides is 1. The first-order chi connectivity index (χ1) is 7.93. The fourth-order valence-electron chi connectivity index (χ4n) is 1.09. The SMILES string of the molecule is CC(C(N)=S)S(=O)(=O)NCCCn1ccnn1. The summed E-state index contributed by atoms with van der Waals surface area (Å²) in [7, 11) is -3.46. The molecular weight excluding hydrogens is 262 g/mol. The van der Waals surface area contributed by atoms with Crippen LogP contribution in [-0.4, -0.2) is 40.2 Å². The Kier molecular flexibility index (Phi) is 4.97. The lowest BCUT2D eigenvalue weighted by Gasteiger charge is -2.12. The molecule has 0 fully saturated rings. The van der Waals surface area contributed by atoms with E-state index in [-0.39, 0.29) is 4.99 Å². The number of hydrogen-bond donors (Lipinski definition) is 2. The maximum atomic E-state index is 11.6. The molecule has 0 spiro atoms. The molecule has 0 aliphatic carbocycles. The van der Waals surface area contributed by atoms with Gasteiger partial charge in [-0.25, -0.2) is 13.1 Å². The van der Waals surface area contributed by atoms with Crippen LogP contribution in [0, 0.1) is 0 Å². The Morgan fingerprint density at radius 1 is 1.65 bits per heavy atom. The monoisotopic (exact) mass is 277 g/mol. The summed E-state index contributed by atoms with van der Waals surface area (Å²) in [5, 5.41) is 6.55. The van der Waals surface area contributed by atoms with Crippen molar-refractivity contribution in [3.63, 3.8) is 0 Å². The van der Waals surface area contributed by atoms with Crippen molar-refractivity contribution in [1.82, 2.24) is 19.7 Å². The van der Waals surface area contributed by atoms with E-state index >= 15 is 0 Å². The zero-order valence-electron chi connectivity index (χ0n) is 9.41. The van der Waals surface area contributed by atoms with Crippen molar-refractivity contribution in [2.75, 3.05) is 6.54 Å². The van der Waals surface area contributed by atoms with Gasteiger partial charge in [0.05, 0.1) is 11.2 Å². The standard InChI is InChI=1S/C8H15N5O2S2/c1-7(8(9)16)17(14,15)11-3-2-5-13-6-4-10-12-13/h4,6-7,11H,2-3,5H2,1H3,(H2,9,16). The second-order valence-electron chi connectivity index (χ2n) is 3.50. The minimum atomic E-state index is -3.46. The highest BCUT2D eigenvalue weighted by molar-refractivity contribution is 7.93. The number of thiocarbonyl (C=S) groups is 1. The maximum Gasteiger partial charge on any atom is 0.220 e. The molecule has 96 valence electrons. The van der Waals surface area contributed by atoms with Crippen molar-refractivity contribution in [3.05, 3.63) is 12.4 Å². The van der Waals surface area contributed by atoms with Crippen LogP contribution in [0.4, 0.5) is 0 Å². The Hall–Kier alpha value is -1.06. The molecule has 0 saturated carbocycles. The predicted octanol–water partition coefficient (Wildman–Crippen LogP) is -0.738. The van der Waals surface area contributed by atoms with E-state index in [1.165, 1.54) is 6.92 Å². The predicted molar refractivity (Wildman–Crippen MR) is 67.8 cm³/mol. The van der Waals surface area contributed by atoms with Crippen molar-refractivity contribution < 1.29 is 8.42 Å². The zero-order chi connectivity index (χ0) is 12.9. The lowest BCUT2D eigenvalue weighted by molar-refractivity contribution is 0.541. The number of nitrogens with two attached hydrogens (primary N) is 1. The van der Waals surface area contributed by atoms with E-state index in [0.29, 0.717) is 19.5 Å². The molecule has 3 N–H and O–H groups in total. The average Bonchev–Trinajstić information content (AvgIpc) is 2.76. The lowest BCUT2D eigenvalue weighted by atomic mass is 10.4. The summed E-state index contributed by atoms with van der Waals surface area (Å²) in [4.78, 5) is -0.0335. The summed E-state index contributed by atoms with van der Waals surface area (Å²) in [6.07, 6.45) is 3.90. The minimum absolute atomic E-state index is 0.0335. The normalized spacial score (nSPS) is 13.5. The van der Waals surface area contributed by atoms with Crippen molar-refractivity contribution in [2.45, 2.75) is 25.1 Å². The first-order valence-electron chi connectivity index (χ1n) is 5.05. The maximum absolute atomic E-state index is 11.6. The van der Waals surface area contributed by atoms with Gasteiger partial charge in [0.15, 0.2) is 0 Å². The fourth-order valence-corrected chi connectivity index (χ4v) is 2.45. The fraction of sp³-hybridized carbons (Fsp3) is 0.625. The molecule has 17 heavy (non-hydrogen) atoms. The van der Waals surface area contributed by atoms with Gasteiger partial charge >= 0.3 is 0 Å². The van der Waals surface area contributed by atoms with Gasteiger partial charge in [-0.1, -0.05) is 17.4 Å². The van der Waals surface area contributed by atoms with E-state index in [1.54, 1.807) is 17.1 Å². The highest BCUT2D eigenvalue weighted by atomic mass is 32.2.